The molecular formula is C52H42CaCl2N6O12S2. The molecule has 380 valence electrons. The predicted molar refractivity (Wildman–Crippen MR) is 285 cm³/mol. The van der Waals surface area contributed by atoms with Gasteiger partial charge in [0.2, 0.25) is 0 Å². The molecule has 8 aromatic rings. The number of carbonyl (C=O) groups excluding carboxylic acids is 1. The van der Waals surface area contributed by atoms with E-state index in [0.29, 0.717) is 62.7 Å². The Morgan fingerprint density at radius 3 is 1.59 bits per heavy atom. The van der Waals surface area contributed by atoms with E-state index in [0.717, 1.165) is 0 Å². The van der Waals surface area contributed by atoms with Crippen LogP contribution in [-0.2, 0) is 33.1 Å². The third-order valence-corrected chi connectivity index (χ3v) is 13.9. The van der Waals surface area contributed by atoms with Crippen molar-refractivity contribution in [3.8, 4) is 23.0 Å². The molecule has 0 spiro atoms. The number of carbonyl (C=O) groups is 1. The summed E-state index contributed by atoms with van der Waals surface area (Å²) in [7, 11) is -6.33. The number of rotatable bonds is 14. The fraction of sp³-hybridized carbons (Fsp3) is 0.115. The molecule has 0 radical (unpaired) electrons. The van der Waals surface area contributed by atoms with Gasteiger partial charge in [0.15, 0.2) is 5.75 Å². The molecule has 75 heavy (non-hydrogen) atoms. The van der Waals surface area contributed by atoms with Gasteiger partial charge in [0.05, 0.1) is 41.2 Å². The van der Waals surface area contributed by atoms with Crippen LogP contribution in [0.3, 0.4) is 0 Å². The fourth-order valence-electron chi connectivity index (χ4n) is 7.40. The number of phenolic OH excluding ortho intramolecular Hbond substituents is 1. The molecule has 0 saturated heterocycles. The Balaban J connectivity index is 0.000000241. The van der Waals surface area contributed by atoms with E-state index in [1.54, 1.807) is 111 Å². The minimum absolute atomic E-state index is 0. The maximum atomic E-state index is 13.4. The molecule has 1 amide bonds. The zero-order valence-electron chi connectivity index (χ0n) is 40.1. The fourth-order valence-corrected chi connectivity index (χ4v) is 9.54. The Morgan fingerprint density at radius 1 is 0.613 bits per heavy atom. The van der Waals surface area contributed by atoms with Gasteiger partial charge in [0.25, 0.3) is 26.1 Å². The molecule has 23 heteroatoms. The number of nitrogens with zero attached hydrogens (tertiary/aromatic N) is 5. The molecule has 0 unspecified atom stereocenters. The maximum Gasteiger partial charge on any atom is 2.00 e. The van der Waals surface area contributed by atoms with Crippen molar-refractivity contribution in [2.45, 2.75) is 36.5 Å². The van der Waals surface area contributed by atoms with E-state index in [4.69, 9.17) is 32.7 Å². The second-order valence-corrected chi connectivity index (χ2v) is 19.4. The first kappa shape index (κ1) is 57.6. The summed E-state index contributed by atoms with van der Waals surface area (Å²) in [6.45, 7) is 3.57. The number of hydrogen-bond acceptors (Lipinski definition) is 15. The second kappa shape index (κ2) is 24.7. The third-order valence-electron chi connectivity index (χ3n) is 11.2. The topological polar surface area (TPSA) is 284 Å². The number of phenols is 1. The van der Waals surface area contributed by atoms with E-state index in [-0.39, 0.29) is 87.3 Å². The number of benzene rings is 8. The van der Waals surface area contributed by atoms with Crippen LogP contribution in [0, 0.1) is 0 Å². The molecule has 8 aromatic carbocycles. The molecule has 0 atom stereocenters. The average Bonchev–Trinajstić information content (AvgIpc) is 3.38. The Hall–Kier alpha value is -6.72. The number of methoxy groups -OCH3 is 2. The SMILES string of the molecule is CCc1cc(N=Nc2c(O)c(C(=O)Nc3ccccc3OC)cc3ccccc23)c(Cl)c(S(=O)(=O)O)c1.CCc1cc(N=Nc2c([O-])c(C([O-])=Nc3ccccc3OC)cc3ccccc23)c(Cl)c(S(=O)(=O)O)c1.[Ca+2]. The number of halogens is 2. The van der Waals surface area contributed by atoms with Gasteiger partial charge in [-0.25, -0.2) is 0 Å². The second-order valence-electron chi connectivity index (χ2n) is 15.8. The molecule has 18 nitrogen and oxygen atoms in total. The minimum atomic E-state index is -4.63. The predicted octanol–water partition coefficient (Wildman–Crippen LogP) is 11.5. The van der Waals surface area contributed by atoms with E-state index < -0.39 is 53.3 Å². The van der Waals surface area contributed by atoms with Crippen molar-refractivity contribution in [1.82, 2.24) is 0 Å². The normalized spacial score (nSPS) is 11.9. The van der Waals surface area contributed by atoms with Crippen LogP contribution in [0.25, 0.3) is 21.5 Å². The van der Waals surface area contributed by atoms with E-state index in [2.05, 4.69) is 30.8 Å². The van der Waals surface area contributed by atoms with E-state index in [1.807, 2.05) is 0 Å². The average molecular weight is 1120 g/mol. The number of hydrogen-bond donors (Lipinski definition) is 4. The van der Waals surface area contributed by atoms with Gasteiger partial charge < -0.3 is 30.1 Å². The van der Waals surface area contributed by atoms with Crippen LogP contribution in [0.4, 0.5) is 34.1 Å². The van der Waals surface area contributed by atoms with Crippen LogP contribution in [0.15, 0.2) is 169 Å². The monoisotopic (exact) mass is 1120 g/mol. The van der Waals surface area contributed by atoms with Crippen molar-refractivity contribution in [2.24, 2.45) is 25.4 Å². The number of nitrogens with one attached hydrogen (secondary N) is 1. The largest absolute Gasteiger partial charge is 2.00 e. The number of ether oxygens (including phenoxy) is 2. The maximum absolute atomic E-state index is 13.4. The van der Waals surface area contributed by atoms with Crippen LogP contribution in [0.2, 0.25) is 10.0 Å². The summed E-state index contributed by atoms with van der Waals surface area (Å²) < 4.78 is 76.8. The Kier molecular flexibility index (Phi) is 19.0. The van der Waals surface area contributed by atoms with Gasteiger partial charge in [0.1, 0.15) is 44.0 Å². The van der Waals surface area contributed by atoms with Crippen LogP contribution in [-0.4, -0.2) is 94.8 Å². The molecular weight excluding hydrogens is 1080 g/mol. The van der Waals surface area contributed by atoms with Crippen molar-refractivity contribution in [2.75, 3.05) is 19.5 Å². The molecule has 0 saturated carbocycles. The first-order valence-electron chi connectivity index (χ1n) is 22.0. The van der Waals surface area contributed by atoms with Crippen LogP contribution < -0.4 is 25.0 Å². The summed E-state index contributed by atoms with van der Waals surface area (Å²) in [5.41, 5.74) is 1.18. The Morgan fingerprint density at radius 2 is 1.07 bits per heavy atom. The number of azo groups is 2. The molecule has 0 heterocycles. The van der Waals surface area contributed by atoms with E-state index in [9.17, 15) is 46.1 Å². The molecule has 0 aliphatic rings. The number of para-hydroxylation sites is 4. The Labute approximate surface area is 470 Å². The number of fused-ring (bicyclic) bond motifs is 2. The first-order valence-corrected chi connectivity index (χ1v) is 25.7. The summed E-state index contributed by atoms with van der Waals surface area (Å²) in [4.78, 5) is 16.2. The summed E-state index contributed by atoms with van der Waals surface area (Å²) in [6, 6.07) is 35.6. The van der Waals surface area contributed by atoms with Crippen molar-refractivity contribution >= 4 is 149 Å². The van der Waals surface area contributed by atoms with E-state index >= 15 is 0 Å². The molecule has 0 aliphatic carbocycles. The minimum Gasteiger partial charge on any atom is -0.871 e. The van der Waals surface area contributed by atoms with Crippen molar-refractivity contribution in [1.29, 1.82) is 0 Å². The number of aliphatic imine (C=N–C) groups is 1. The summed E-state index contributed by atoms with van der Waals surface area (Å²) in [5, 5.41) is 58.0. The van der Waals surface area contributed by atoms with Gasteiger partial charge in [-0.15, -0.1) is 15.3 Å². The number of amides is 1. The van der Waals surface area contributed by atoms with Crippen LogP contribution in [0.1, 0.15) is 40.9 Å². The number of anilines is 1. The van der Waals surface area contributed by atoms with Gasteiger partial charge in [-0.05, 0) is 107 Å². The third kappa shape index (κ3) is 13.2. The van der Waals surface area contributed by atoms with Gasteiger partial charge in [0, 0.05) is 10.8 Å². The zero-order valence-corrected chi connectivity index (χ0v) is 45.5. The number of aryl methyl sites for hydroxylation is 2. The standard InChI is InChI=1S/2C26H22ClN3O6S.Ca/c2*1-3-15-12-20(23(27)22(13-15)37(33,34)35)29-30-24-17-9-5-4-8-16(17)14-18(25(24)31)26(32)28-19-10-6-7-11-21(19)36-2;/h2*4-14,31H,3H2,1-2H3,(H,28,32)(H,33,34,35);/q;;+2/p-2. The molecule has 0 aliphatic heterocycles. The van der Waals surface area contributed by atoms with Gasteiger partial charge in [-0.3, -0.25) is 18.9 Å². The van der Waals surface area contributed by atoms with Gasteiger partial charge in [-0.2, -0.15) is 21.9 Å². The quantitative estimate of drug-likeness (QED) is 0.0260. The molecule has 0 bridgehead atoms. The van der Waals surface area contributed by atoms with Crippen molar-refractivity contribution in [3.05, 3.63) is 166 Å². The van der Waals surface area contributed by atoms with Crippen LogP contribution >= 0.6 is 23.2 Å². The summed E-state index contributed by atoms with van der Waals surface area (Å²) >= 11 is 12.4. The van der Waals surface area contributed by atoms with Gasteiger partial charge >= 0.3 is 37.7 Å². The molecule has 8 rings (SSSR count). The zero-order chi connectivity index (χ0) is 53.5. The van der Waals surface area contributed by atoms with Crippen molar-refractivity contribution < 1.29 is 55.5 Å². The molecule has 4 N–H and O–H groups in total. The molecule has 0 aromatic heterocycles. The van der Waals surface area contributed by atoms with Crippen molar-refractivity contribution in [3.63, 3.8) is 0 Å². The number of aromatic hydroxyl groups is 1. The first-order chi connectivity index (χ1) is 35.3. The van der Waals surface area contributed by atoms with E-state index in [1.165, 1.54) is 50.6 Å². The smallest absolute Gasteiger partial charge is 0.871 e. The van der Waals surface area contributed by atoms with Crippen LogP contribution in [0.5, 0.6) is 23.0 Å². The Bertz CT molecular complexity index is 3830. The molecule has 0 fully saturated rings. The summed E-state index contributed by atoms with van der Waals surface area (Å²) in [5.74, 6) is -1.75. The summed E-state index contributed by atoms with van der Waals surface area (Å²) in [6.07, 6.45) is 0.862. The van der Waals surface area contributed by atoms with Gasteiger partial charge in [-0.1, -0.05) is 116 Å².